The summed E-state index contributed by atoms with van der Waals surface area (Å²) in [6, 6.07) is 46.3. The molecule has 0 spiro atoms. The summed E-state index contributed by atoms with van der Waals surface area (Å²) in [6.07, 6.45) is 10.1. The molecule has 1 aliphatic carbocycles. The van der Waals surface area contributed by atoms with Gasteiger partial charge in [-0.2, -0.15) is 0 Å². The van der Waals surface area contributed by atoms with Crippen molar-refractivity contribution in [2.45, 2.75) is 165 Å². The fourth-order valence-corrected chi connectivity index (χ4v) is 7.58. The van der Waals surface area contributed by atoms with Crippen molar-refractivity contribution in [3.8, 4) is 5.75 Å². The van der Waals surface area contributed by atoms with Crippen molar-refractivity contribution in [3.63, 3.8) is 0 Å². The predicted molar refractivity (Wildman–Crippen MR) is 299 cm³/mol. The van der Waals surface area contributed by atoms with Crippen LogP contribution >= 0.6 is 11.8 Å². The van der Waals surface area contributed by atoms with E-state index < -0.39 is 0 Å². The Bertz CT molecular complexity index is 1800. The fraction of sp³-hybridized carbons (Fsp3) is 0.443. The van der Waals surface area contributed by atoms with Gasteiger partial charge in [0.15, 0.2) is 0 Å². The van der Waals surface area contributed by atoms with Crippen LogP contribution in [-0.2, 0) is 12.8 Å². The van der Waals surface area contributed by atoms with Crippen LogP contribution in [0.1, 0.15) is 150 Å². The zero-order valence-electron chi connectivity index (χ0n) is 36.9. The number of thioether (sulfide) groups is 1. The molecule has 1 fully saturated rings. The summed E-state index contributed by atoms with van der Waals surface area (Å²) >= 11 is 1.80. The first kappa shape index (κ1) is 70.4. The minimum Gasteiger partial charge on any atom is -0.496 e. The molecule has 2 atom stereocenters. The summed E-state index contributed by atoms with van der Waals surface area (Å²) in [5.74, 6) is 3.00. The molecule has 0 aromatic heterocycles. The number of methoxy groups -OCH3 is 1. The molecule has 1 aliphatic rings. The molecule has 63 heavy (non-hydrogen) atoms. The lowest BCUT2D eigenvalue weighted by Crippen LogP contribution is -1.85. The SMILES string of the molecule is C.C.C.C.C.C.C.CC1CCC(C)C1.CCCc1ccccc1C.CCc1ccccc1C.COc1ccccc1C.CSc1ccccc1C.Cc1cccc2cccc(C)c12. The van der Waals surface area contributed by atoms with E-state index in [4.69, 9.17) is 4.74 Å². The minimum atomic E-state index is 0. The molecule has 0 saturated heterocycles. The molecule has 1 saturated carbocycles. The third kappa shape index (κ3) is 26.8. The molecular weight excluding hydrogens is 781 g/mol. The molecule has 1 nitrogen and oxygen atoms in total. The number of fused-ring (bicyclic) bond motifs is 1. The maximum Gasteiger partial charge on any atom is 0.121 e. The first-order chi connectivity index (χ1) is 26.9. The van der Waals surface area contributed by atoms with Crippen LogP contribution < -0.4 is 4.74 Å². The van der Waals surface area contributed by atoms with E-state index in [1.165, 1.54) is 92.3 Å². The number of hydrogen-bond donors (Lipinski definition) is 0. The van der Waals surface area contributed by atoms with Crippen LogP contribution in [0.3, 0.4) is 0 Å². The quantitative estimate of drug-likeness (QED) is 0.160. The molecule has 356 valence electrons. The van der Waals surface area contributed by atoms with Crippen molar-refractivity contribution in [1.29, 1.82) is 0 Å². The molecule has 6 aromatic rings. The van der Waals surface area contributed by atoms with Gasteiger partial charge in [0, 0.05) is 4.90 Å². The molecule has 0 N–H and O–H groups in total. The second kappa shape index (κ2) is 40.5. The van der Waals surface area contributed by atoms with E-state index in [0.29, 0.717) is 0 Å². The lowest BCUT2D eigenvalue weighted by molar-refractivity contribution is 0.411. The molecule has 2 unspecified atom stereocenters. The largest absolute Gasteiger partial charge is 0.496 e. The van der Waals surface area contributed by atoms with Crippen molar-refractivity contribution in [2.24, 2.45) is 11.8 Å². The monoisotopic (exact) mass is 881 g/mol. The van der Waals surface area contributed by atoms with Crippen LogP contribution in [0.4, 0.5) is 0 Å². The van der Waals surface area contributed by atoms with Gasteiger partial charge in [0.1, 0.15) is 5.75 Å². The highest BCUT2D eigenvalue weighted by molar-refractivity contribution is 7.98. The molecule has 0 amide bonds. The Morgan fingerprint density at radius 3 is 1.17 bits per heavy atom. The lowest BCUT2D eigenvalue weighted by atomic mass is 10.0. The number of ether oxygens (including phenoxy) is 1. The lowest BCUT2D eigenvalue weighted by Gasteiger charge is -2.04. The number of benzene rings is 6. The number of rotatable bonds is 5. The third-order valence-corrected chi connectivity index (χ3v) is 11.2. The van der Waals surface area contributed by atoms with E-state index in [9.17, 15) is 0 Å². The Morgan fingerprint density at radius 1 is 0.476 bits per heavy atom. The van der Waals surface area contributed by atoms with Crippen LogP contribution in [0.5, 0.6) is 5.75 Å². The third-order valence-electron chi connectivity index (χ3n) is 10.3. The van der Waals surface area contributed by atoms with E-state index in [0.717, 1.165) is 24.0 Å². The fourth-order valence-electron chi connectivity index (χ4n) is 6.98. The number of para-hydroxylation sites is 1. The maximum atomic E-state index is 5.04. The summed E-state index contributed by atoms with van der Waals surface area (Å²) in [4.78, 5) is 1.37. The van der Waals surface area contributed by atoms with Gasteiger partial charge in [-0.05, 0) is 146 Å². The van der Waals surface area contributed by atoms with E-state index in [2.05, 4.69) is 178 Å². The maximum absolute atomic E-state index is 5.04. The Morgan fingerprint density at radius 2 is 0.873 bits per heavy atom. The zero-order valence-corrected chi connectivity index (χ0v) is 37.7. The average Bonchev–Trinajstić information content (AvgIpc) is 3.59. The number of hydrogen-bond acceptors (Lipinski definition) is 2. The molecule has 6 aromatic carbocycles. The molecule has 0 radical (unpaired) electrons. The van der Waals surface area contributed by atoms with Crippen LogP contribution in [-0.4, -0.2) is 13.4 Å². The smallest absolute Gasteiger partial charge is 0.121 e. The average molecular weight is 882 g/mol. The van der Waals surface area contributed by atoms with Crippen LogP contribution in [0.2, 0.25) is 0 Å². The molecule has 2 heteroatoms. The van der Waals surface area contributed by atoms with Crippen molar-refractivity contribution in [3.05, 3.63) is 178 Å². The first-order valence-corrected chi connectivity index (χ1v) is 21.9. The topological polar surface area (TPSA) is 9.23 Å². The molecule has 0 heterocycles. The van der Waals surface area contributed by atoms with Crippen LogP contribution in [0.15, 0.2) is 138 Å². The van der Waals surface area contributed by atoms with Gasteiger partial charge in [0.05, 0.1) is 7.11 Å². The zero-order chi connectivity index (χ0) is 41.3. The highest BCUT2D eigenvalue weighted by Crippen LogP contribution is 2.29. The Labute approximate surface area is 398 Å². The Kier molecular flexibility index (Phi) is 45.3. The van der Waals surface area contributed by atoms with Crippen LogP contribution in [0.25, 0.3) is 10.8 Å². The van der Waals surface area contributed by atoms with E-state index in [1.54, 1.807) is 18.9 Å². The van der Waals surface area contributed by atoms with Crippen molar-refractivity contribution in [1.82, 2.24) is 0 Å². The predicted octanol–water partition coefficient (Wildman–Crippen LogP) is 20.6. The van der Waals surface area contributed by atoms with Crippen molar-refractivity contribution >= 4 is 22.5 Å². The van der Waals surface area contributed by atoms with Gasteiger partial charge in [0.25, 0.3) is 0 Å². The highest BCUT2D eigenvalue weighted by atomic mass is 32.2. The summed E-state index contributed by atoms with van der Waals surface area (Å²) < 4.78 is 5.04. The normalized spacial score (nSPS) is 12.3. The van der Waals surface area contributed by atoms with Crippen molar-refractivity contribution in [2.75, 3.05) is 13.4 Å². The summed E-state index contributed by atoms with van der Waals surface area (Å²) in [5, 5.41) is 2.75. The summed E-state index contributed by atoms with van der Waals surface area (Å²) in [7, 11) is 1.68. The molecule has 0 aliphatic heterocycles. The van der Waals surface area contributed by atoms with E-state index >= 15 is 0 Å². The summed E-state index contributed by atoms with van der Waals surface area (Å²) in [6.45, 7) is 21.9. The van der Waals surface area contributed by atoms with Gasteiger partial charge in [-0.1, -0.05) is 220 Å². The standard InChI is InChI=1S/C12H12.C10H14.C9H12.C8H10O.C8H10S.C7H14.7CH4/c1-9-5-3-7-11-8-4-6-10(2)12(9)11;1-3-6-10-8-5-4-7-9(10)2;1-3-9-7-5-4-6-8(9)2;2*1-7-5-3-4-6-8(7)9-2;1-6-3-4-7(2)5-6;;;;;;;/h3-8H,1-2H3;4-5,7-8H,3,6H2,1-2H3;4-7H,3H2,1-2H3;2*3-6H,1-2H3;6-7H,3-5H2,1-2H3;7*1H4. The Hall–Kier alpha value is -4.27. The van der Waals surface area contributed by atoms with E-state index in [1.807, 2.05) is 31.2 Å². The van der Waals surface area contributed by atoms with Crippen molar-refractivity contribution < 1.29 is 4.74 Å². The Balaban J connectivity index is -0.000000152. The van der Waals surface area contributed by atoms with E-state index in [-0.39, 0.29) is 52.0 Å². The number of aryl methyl sites for hydroxylation is 8. The van der Waals surface area contributed by atoms with Gasteiger partial charge >= 0.3 is 0 Å². The van der Waals surface area contributed by atoms with Gasteiger partial charge < -0.3 is 4.74 Å². The van der Waals surface area contributed by atoms with Gasteiger partial charge in [-0.15, -0.1) is 11.8 Å². The second-order valence-electron chi connectivity index (χ2n) is 15.2. The molecular formula is C61H100OS. The van der Waals surface area contributed by atoms with Gasteiger partial charge in [-0.25, -0.2) is 0 Å². The van der Waals surface area contributed by atoms with Gasteiger partial charge in [-0.3, -0.25) is 0 Å². The van der Waals surface area contributed by atoms with Gasteiger partial charge in [0.2, 0.25) is 0 Å². The minimum absolute atomic E-state index is 0. The molecule has 0 bridgehead atoms. The summed E-state index contributed by atoms with van der Waals surface area (Å²) in [5.41, 5.74) is 11.0. The first-order valence-electron chi connectivity index (χ1n) is 20.7. The van der Waals surface area contributed by atoms with Crippen LogP contribution in [0, 0.1) is 53.4 Å². The molecule has 7 rings (SSSR count). The highest BCUT2D eigenvalue weighted by Gasteiger charge is 2.16. The second-order valence-corrected chi connectivity index (χ2v) is 16.0.